The molecule has 1 aromatic carbocycles. The van der Waals surface area contributed by atoms with Gasteiger partial charge in [-0.15, -0.1) is 5.10 Å². The lowest BCUT2D eigenvalue weighted by molar-refractivity contribution is -0.124. The van der Waals surface area contributed by atoms with Gasteiger partial charge in [0.2, 0.25) is 5.91 Å². The zero-order valence-electron chi connectivity index (χ0n) is 17.0. The number of H-pyrrole nitrogens is 1. The Morgan fingerprint density at radius 1 is 1.41 bits per heavy atom. The van der Waals surface area contributed by atoms with E-state index in [1.807, 2.05) is 19.1 Å². The largest absolute Gasteiger partial charge is 0.496 e. The van der Waals surface area contributed by atoms with E-state index in [1.54, 1.807) is 7.11 Å². The highest BCUT2D eigenvalue weighted by Gasteiger charge is 2.53. The molecule has 2 unspecified atom stereocenters. The molecule has 2 aromatic rings. The van der Waals surface area contributed by atoms with Crippen molar-refractivity contribution >= 4 is 23.5 Å². The molecule has 1 aliphatic carbocycles. The number of nitrogens with zero attached hydrogens (tertiary/aromatic N) is 4. The molecule has 4 rings (SSSR count). The van der Waals surface area contributed by atoms with Gasteiger partial charge in [-0.05, 0) is 49.8 Å². The molecule has 29 heavy (non-hydrogen) atoms. The zero-order valence-corrected chi connectivity index (χ0v) is 17.8. The van der Waals surface area contributed by atoms with Crippen LogP contribution in [0.4, 0.5) is 5.95 Å². The van der Waals surface area contributed by atoms with Crippen molar-refractivity contribution in [2.24, 2.45) is 5.92 Å². The number of halogens is 1. The second-order valence-electron chi connectivity index (χ2n) is 8.29. The van der Waals surface area contributed by atoms with Crippen LogP contribution in [0.25, 0.3) is 0 Å². The number of hydrogen-bond acceptors (Lipinski definition) is 6. The number of benzene rings is 1. The first-order valence-corrected chi connectivity index (χ1v) is 10.5. The van der Waals surface area contributed by atoms with Gasteiger partial charge < -0.3 is 15.0 Å². The van der Waals surface area contributed by atoms with E-state index in [1.165, 1.54) is 0 Å². The quantitative estimate of drug-likeness (QED) is 0.774. The second kappa shape index (κ2) is 7.82. The third-order valence-electron chi connectivity index (χ3n) is 6.22. The van der Waals surface area contributed by atoms with Crippen molar-refractivity contribution in [2.75, 3.05) is 25.1 Å². The van der Waals surface area contributed by atoms with Gasteiger partial charge in [0.1, 0.15) is 5.75 Å². The van der Waals surface area contributed by atoms with E-state index < -0.39 is 5.41 Å². The van der Waals surface area contributed by atoms with Gasteiger partial charge in [0.05, 0.1) is 12.5 Å². The van der Waals surface area contributed by atoms with Crippen molar-refractivity contribution in [3.8, 4) is 5.75 Å². The molecule has 2 N–H and O–H groups in total. The Morgan fingerprint density at radius 3 is 2.86 bits per heavy atom. The number of ether oxygens (including phenoxy) is 1. The number of anilines is 1. The van der Waals surface area contributed by atoms with Gasteiger partial charge in [0.25, 0.3) is 5.95 Å². The standard InChI is InChI=1S/C20H27ClN6O2/c1-12-6-9-27(19-23-25-26-24-19)11-14(10-12)22-18(28)20(7-8-20)15-4-5-16(21)13(2)17(15)29-3/h4-5,12,14H,6-11H2,1-3H3,(H,22,28)(H,23,24,25,26). The summed E-state index contributed by atoms with van der Waals surface area (Å²) in [5.41, 5.74) is 1.26. The van der Waals surface area contributed by atoms with Crippen LogP contribution >= 0.6 is 11.6 Å². The SMILES string of the molecule is COc1c(C2(C(=O)NC3CC(C)CCN(c4nn[nH]n4)C3)CC2)ccc(Cl)c1C. The van der Waals surface area contributed by atoms with Crippen LogP contribution in [0.5, 0.6) is 5.75 Å². The smallest absolute Gasteiger partial charge is 0.265 e. The highest BCUT2D eigenvalue weighted by Crippen LogP contribution is 2.53. The van der Waals surface area contributed by atoms with E-state index in [0.29, 0.717) is 29.2 Å². The van der Waals surface area contributed by atoms with Crippen molar-refractivity contribution in [2.45, 2.75) is 51.0 Å². The molecule has 1 saturated heterocycles. The Bertz CT molecular complexity index is 883. The second-order valence-corrected chi connectivity index (χ2v) is 8.70. The Labute approximate surface area is 175 Å². The van der Waals surface area contributed by atoms with E-state index in [4.69, 9.17) is 16.3 Å². The van der Waals surface area contributed by atoms with Crippen molar-refractivity contribution in [3.63, 3.8) is 0 Å². The number of nitrogens with one attached hydrogen (secondary N) is 2. The molecule has 1 amide bonds. The molecule has 1 saturated carbocycles. The first-order valence-electron chi connectivity index (χ1n) is 10.1. The Kier molecular flexibility index (Phi) is 5.38. The van der Waals surface area contributed by atoms with Crippen LogP contribution in [0.1, 0.15) is 43.7 Å². The molecular weight excluding hydrogens is 392 g/mol. The van der Waals surface area contributed by atoms with Gasteiger partial charge in [-0.1, -0.05) is 29.7 Å². The summed E-state index contributed by atoms with van der Waals surface area (Å²) in [6.07, 6.45) is 3.57. The van der Waals surface area contributed by atoms with E-state index in [0.717, 1.165) is 43.4 Å². The third kappa shape index (κ3) is 3.77. The van der Waals surface area contributed by atoms with Crippen molar-refractivity contribution in [1.82, 2.24) is 25.9 Å². The van der Waals surface area contributed by atoms with Crippen molar-refractivity contribution < 1.29 is 9.53 Å². The lowest BCUT2D eigenvalue weighted by atomic mass is 9.91. The number of aromatic nitrogens is 4. The number of rotatable bonds is 5. The van der Waals surface area contributed by atoms with Crippen LogP contribution in [-0.4, -0.2) is 52.8 Å². The summed E-state index contributed by atoms with van der Waals surface area (Å²) in [5.74, 6) is 1.85. The van der Waals surface area contributed by atoms with E-state index in [-0.39, 0.29) is 11.9 Å². The fourth-order valence-corrected chi connectivity index (χ4v) is 4.51. The monoisotopic (exact) mass is 418 g/mol. The average molecular weight is 419 g/mol. The van der Waals surface area contributed by atoms with Gasteiger partial charge in [0, 0.05) is 35.3 Å². The number of carbonyl (C=O) groups is 1. The van der Waals surface area contributed by atoms with Gasteiger partial charge >= 0.3 is 0 Å². The Morgan fingerprint density at radius 2 is 2.21 bits per heavy atom. The summed E-state index contributed by atoms with van der Waals surface area (Å²) in [5, 5.41) is 18.3. The fraction of sp³-hybridized carbons (Fsp3) is 0.600. The van der Waals surface area contributed by atoms with E-state index in [2.05, 4.69) is 37.8 Å². The molecule has 0 bridgehead atoms. The summed E-state index contributed by atoms with van der Waals surface area (Å²) in [4.78, 5) is 15.5. The minimum atomic E-state index is -0.535. The molecule has 1 aliphatic heterocycles. The molecule has 2 aliphatic rings. The number of aromatic amines is 1. The topological polar surface area (TPSA) is 96.0 Å². The minimum Gasteiger partial charge on any atom is -0.496 e. The van der Waals surface area contributed by atoms with E-state index >= 15 is 0 Å². The summed E-state index contributed by atoms with van der Waals surface area (Å²) in [6, 6.07) is 3.81. The number of tetrazole rings is 1. The molecule has 2 fully saturated rings. The van der Waals surface area contributed by atoms with Gasteiger partial charge in [-0.3, -0.25) is 4.79 Å². The Balaban J connectivity index is 1.54. The number of carbonyl (C=O) groups excluding carboxylic acids is 1. The molecule has 2 heterocycles. The first kappa shape index (κ1) is 19.9. The maximum atomic E-state index is 13.4. The normalized spacial score (nSPS) is 23.4. The fourth-order valence-electron chi connectivity index (χ4n) is 4.36. The number of methoxy groups -OCH3 is 1. The lowest BCUT2D eigenvalue weighted by Gasteiger charge is -2.27. The molecule has 2 atom stereocenters. The van der Waals surface area contributed by atoms with Crippen LogP contribution in [0, 0.1) is 12.8 Å². The third-order valence-corrected chi connectivity index (χ3v) is 6.63. The molecule has 0 radical (unpaired) electrons. The van der Waals surface area contributed by atoms with E-state index in [9.17, 15) is 4.79 Å². The van der Waals surface area contributed by atoms with Crippen LogP contribution in [0.3, 0.4) is 0 Å². The molecule has 1 aromatic heterocycles. The predicted molar refractivity (Wildman–Crippen MR) is 110 cm³/mol. The van der Waals surface area contributed by atoms with Crippen LogP contribution in [0.2, 0.25) is 5.02 Å². The van der Waals surface area contributed by atoms with Crippen molar-refractivity contribution in [1.29, 1.82) is 0 Å². The summed E-state index contributed by atoms with van der Waals surface area (Å²) in [7, 11) is 1.63. The van der Waals surface area contributed by atoms with Gasteiger partial charge in [0.15, 0.2) is 0 Å². The van der Waals surface area contributed by atoms with Gasteiger partial charge in [-0.2, -0.15) is 5.21 Å². The van der Waals surface area contributed by atoms with Gasteiger partial charge in [-0.25, -0.2) is 0 Å². The maximum Gasteiger partial charge on any atom is 0.265 e. The molecular formula is C20H27ClN6O2. The van der Waals surface area contributed by atoms with Crippen LogP contribution in [0.15, 0.2) is 12.1 Å². The van der Waals surface area contributed by atoms with Crippen LogP contribution in [-0.2, 0) is 10.2 Å². The maximum absolute atomic E-state index is 13.4. The molecule has 8 nitrogen and oxygen atoms in total. The first-order chi connectivity index (χ1) is 13.9. The highest BCUT2D eigenvalue weighted by molar-refractivity contribution is 6.31. The Hall–Kier alpha value is -2.35. The zero-order chi connectivity index (χ0) is 20.6. The van der Waals surface area contributed by atoms with Crippen LogP contribution < -0.4 is 15.0 Å². The van der Waals surface area contributed by atoms with Crippen molar-refractivity contribution in [3.05, 3.63) is 28.3 Å². The average Bonchev–Trinajstić information content (AvgIpc) is 3.37. The minimum absolute atomic E-state index is 0.0235. The highest BCUT2D eigenvalue weighted by atomic mass is 35.5. The number of amides is 1. The lowest BCUT2D eigenvalue weighted by Crippen LogP contribution is -2.47. The summed E-state index contributed by atoms with van der Waals surface area (Å²) < 4.78 is 5.63. The molecule has 156 valence electrons. The summed E-state index contributed by atoms with van der Waals surface area (Å²) >= 11 is 6.26. The summed E-state index contributed by atoms with van der Waals surface area (Å²) in [6.45, 7) is 5.66. The predicted octanol–water partition coefficient (Wildman–Crippen LogP) is 2.62. The molecule has 0 spiro atoms. The number of hydrogen-bond donors (Lipinski definition) is 2. The molecule has 9 heteroatoms.